The number of rotatable bonds is 2. The van der Waals surface area contributed by atoms with Crippen molar-refractivity contribution in [2.24, 2.45) is 0 Å². The maximum Gasteiger partial charge on any atom is 0.306 e. The van der Waals surface area contributed by atoms with Crippen molar-refractivity contribution in [3.63, 3.8) is 0 Å². The fraction of sp³-hybridized carbons (Fsp3) is 0.600. The molecule has 0 aliphatic rings. The molecule has 0 aromatic heterocycles. The lowest BCUT2D eigenvalue weighted by Gasteiger charge is -1.90. The van der Waals surface area contributed by atoms with Crippen LogP contribution in [0.25, 0.3) is 0 Å². The number of hydrogen-bond acceptors (Lipinski definition) is 0. The quantitative estimate of drug-likeness (QED) is 0.537. The van der Waals surface area contributed by atoms with Crippen LogP contribution in [0.2, 0.25) is 0 Å². The van der Waals surface area contributed by atoms with E-state index in [4.69, 9.17) is 0 Å². The van der Waals surface area contributed by atoms with Crippen LogP contribution in [0.4, 0.5) is 13.2 Å². The predicted octanol–water partition coefficient (Wildman–Crippen LogP) is 1.94. The van der Waals surface area contributed by atoms with Crippen LogP contribution in [0.3, 0.4) is 0 Å². The molecule has 0 N–H and O–H groups in total. The molecule has 0 nitrogen and oxygen atoms in total. The molecule has 0 aliphatic carbocycles. The summed E-state index contributed by atoms with van der Waals surface area (Å²) in [6.07, 6.45) is 1.24. The highest BCUT2D eigenvalue weighted by Crippen LogP contribution is 2.10. The minimum atomic E-state index is -2.18. The molecule has 0 aliphatic heterocycles. The van der Waals surface area contributed by atoms with E-state index in [-0.39, 0.29) is 16.6 Å². The molecular formula is C5H8F3S+. The summed E-state index contributed by atoms with van der Waals surface area (Å²) in [5.41, 5.74) is 0. The van der Waals surface area contributed by atoms with Crippen molar-refractivity contribution in [2.75, 3.05) is 18.3 Å². The van der Waals surface area contributed by atoms with E-state index in [9.17, 15) is 13.2 Å². The minimum Gasteiger partial charge on any atom is -0.201 e. The summed E-state index contributed by atoms with van der Waals surface area (Å²) in [7, 11) is -0.279. The molecule has 0 fully saturated rings. The minimum absolute atomic E-state index is 0.137. The molecule has 0 aromatic rings. The first-order valence-electron chi connectivity index (χ1n) is 2.28. The van der Waals surface area contributed by atoms with Crippen LogP contribution in [0.15, 0.2) is 11.9 Å². The zero-order chi connectivity index (χ0) is 7.44. The van der Waals surface area contributed by atoms with E-state index in [1.165, 1.54) is 0 Å². The van der Waals surface area contributed by atoms with Crippen LogP contribution in [0.5, 0.6) is 0 Å². The van der Waals surface area contributed by atoms with Gasteiger partial charge in [-0.25, -0.2) is 4.39 Å². The van der Waals surface area contributed by atoms with Crippen LogP contribution in [-0.4, -0.2) is 18.3 Å². The molecule has 0 unspecified atom stereocenters. The second-order valence-corrected chi connectivity index (χ2v) is 4.06. The van der Waals surface area contributed by atoms with Gasteiger partial charge in [0.2, 0.25) is 5.83 Å². The molecule has 9 heavy (non-hydrogen) atoms. The highest BCUT2D eigenvalue weighted by atomic mass is 32.2. The third-order valence-electron chi connectivity index (χ3n) is 0.620. The third kappa shape index (κ3) is 4.39. The molecule has 0 rings (SSSR count). The maximum atomic E-state index is 11.9. The molecular weight excluding hydrogens is 149 g/mol. The van der Waals surface area contributed by atoms with Crippen molar-refractivity contribution in [1.29, 1.82) is 0 Å². The maximum absolute atomic E-state index is 11.9. The van der Waals surface area contributed by atoms with Gasteiger partial charge in [0.05, 0.1) is 12.5 Å². The summed E-state index contributed by atoms with van der Waals surface area (Å²) in [5.74, 6) is -1.41. The fourth-order valence-corrected chi connectivity index (χ4v) is 0.924. The summed E-state index contributed by atoms with van der Waals surface area (Å²) in [4.78, 5) is 0. The van der Waals surface area contributed by atoms with Crippen molar-refractivity contribution in [3.8, 4) is 0 Å². The van der Waals surface area contributed by atoms with E-state index in [2.05, 4.69) is 0 Å². The van der Waals surface area contributed by atoms with Gasteiger partial charge < -0.3 is 0 Å². The van der Waals surface area contributed by atoms with E-state index >= 15 is 0 Å². The van der Waals surface area contributed by atoms with Crippen LogP contribution in [0.1, 0.15) is 0 Å². The lowest BCUT2D eigenvalue weighted by molar-refractivity contribution is 0.381. The Bertz CT molecular complexity index is 115. The Hall–Kier alpha value is -0.120. The van der Waals surface area contributed by atoms with Crippen LogP contribution >= 0.6 is 0 Å². The lowest BCUT2D eigenvalue weighted by atomic mass is 10.7. The molecule has 0 saturated heterocycles. The Kier molecular flexibility index (Phi) is 3.77. The molecule has 0 heterocycles. The topological polar surface area (TPSA) is 0 Å². The molecule has 0 atom stereocenters. The summed E-state index contributed by atoms with van der Waals surface area (Å²) in [6, 6.07) is 0. The van der Waals surface area contributed by atoms with Gasteiger partial charge in [0.15, 0.2) is 5.75 Å². The standard InChI is InChI=1S/C5H8F3S/c1-9(2)3-4(6)5(7)8/h3H2,1-2H3/q+1. The number of halogens is 3. The van der Waals surface area contributed by atoms with Gasteiger partial charge in [-0.05, 0) is 10.9 Å². The number of hydrogen-bond donors (Lipinski definition) is 0. The fourth-order valence-electron chi connectivity index (χ4n) is 0.308. The van der Waals surface area contributed by atoms with E-state index in [1.54, 1.807) is 12.5 Å². The molecule has 0 bridgehead atoms. The van der Waals surface area contributed by atoms with E-state index in [0.29, 0.717) is 0 Å². The highest BCUT2D eigenvalue weighted by molar-refractivity contribution is 7.95. The van der Waals surface area contributed by atoms with Gasteiger partial charge in [0.1, 0.15) is 0 Å². The summed E-state index contributed by atoms with van der Waals surface area (Å²) < 4.78 is 34.5. The molecule has 0 aromatic carbocycles. The first-order valence-corrected chi connectivity index (χ1v) is 4.49. The monoisotopic (exact) mass is 157 g/mol. The zero-order valence-electron chi connectivity index (χ0n) is 5.25. The molecule has 4 heteroatoms. The van der Waals surface area contributed by atoms with Crippen LogP contribution < -0.4 is 0 Å². The smallest absolute Gasteiger partial charge is 0.201 e. The highest BCUT2D eigenvalue weighted by Gasteiger charge is 2.12. The Morgan fingerprint density at radius 2 is 1.67 bits per heavy atom. The van der Waals surface area contributed by atoms with Crippen molar-refractivity contribution in [3.05, 3.63) is 11.9 Å². The van der Waals surface area contributed by atoms with Crippen molar-refractivity contribution >= 4 is 10.9 Å². The molecule has 0 spiro atoms. The van der Waals surface area contributed by atoms with Gasteiger partial charge in [-0.1, -0.05) is 0 Å². The Morgan fingerprint density at radius 3 is 1.78 bits per heavy atom. The van der Waals surface area contributed by atoms with Crippen LogP contribution in [-0.2, 0) is 10.9 Å². The van der Waals surface area contributed by atoms with Gasteiger partial charge in [-0.3, -0.25) is 0 Å². The summed E-state index contributed by atoms with van der Waals surface area (Å²) in [5, 5.41) is 0. The van der Waals surface area contributed by atoms with Gasteiger partial charge >= 0.3 is 6.08 Å². The van der Waals surface area contributed by atoms with E-state index in [0.717, 1.165) is 0 Å². The molecule has 0 amide bonds. The zero-order valence-corrected chi connectivity index (χ0v) is 6.07. The SMILES string of the molecule is C[S+](C)CC(F)=C(F)F. The van der Waals surface area contributed by atoms with Crippen molar-refractivity contribution < 1.29 is 13.2 Å². The van der Waals surface area contributed by atoms with E-state index in [1.807, 2.05) is 0 Å². The van der Waals surface area contributed by atoms with Crippen molar-refractivity contribution in [2.45, 2.75) is 0 Å². The summed E-state index contributed by atoms with van der Waals surface area (Å²) >= 11 is 0. The molecule has 0 saturated carbocycles. The third-order valence-corrected chi connectivity index (χ3v) is 1.45. The average Bonchev–Trinajstić information content (AvgIpc) is 1.63. The Morgan fingerprint density at radius 1 is 1.22 bits per heavy atom. The Labute approximate surface area is 55.1 Å². The van der Waals surface area contributed by atoms with Crippen LogP contribution in [0, 0.1) is 0 Å². The normalized spacial score (nSPS) is 10.0. The summed E-state index contributed by atoms with van der Waals surface area (Å²) in [6.45, 7) is 0. The lowest BCUT2D eigenvalue weighted by Crippen LogP contribution is -2.02. The van der Waals surface area contributed by atoms with Gasteiger partial charge in [0, 0.05) is 0 Å². The van der Waals surface area contributed by atoms with Crippen molar-refractivity contribution in [1.82, 2.24) is 0 Å². The second kappa shape index (κ2) is 3.82. The molecule has 54 valence electrons. The first-order chi connectivity index (χ1) is 4.04. The largest absolute Gasteiger partial charge is 0.306 e. The Balaban J connectivity index is 3.77. The van der Waals surface area contributed by atoms with Gasteiger partial charge in [-0.15, -0.1) is 0 Å². The van der Waals surface area contributed by atoms with Gasteiger partial charge in [-0.2, -0.15) is 8.78 Å². The molecule has 0 radical (unpaired) electrons. The van der Waals surface area contributed by atoms with Gasteiger partial charge in [0.25, 0.3) is 0 Å². The van der Waals surface area contributed by atoms with E-state index < -0.39 is 11.9 Å². The predicted molar refractivity (Wildman–Crippen MR) is 34.4 cm³/mol. The average molecular weight is 157 g/mol. The second-order valence-electron chi connectivity index (χ2n) is 1.80. The first kappa shape index (κ1) is 8.88.